The van der Waals surface area contributed by atoms with Gasteiger partial charge in [0.1, 0.15) is 23.5 Å². The Hall–Kier alpha value is -1.82. The van der Waals surface area contributed by atoms with E-state index in [1.54, 1.807) is 37.3 Å². The van der Waals surface area contributed by atoms with Gasteiger partial charge in [-0.1, -0.05) is 17.7 Å². The molecule has 136 valence electrons. The average molecular weight is 604 g/mol. The van der Waals surface area contributed by atoms with Gasteiger partial charge in [-0.15, -0.1) is 0 Å². The highest BCUT2D eigenvalue weighted by Crippen LogP contribution is 2.30. The summed E-state index contributed by atoms with van der Waals surface area (Å²) < 4.78 is 6.96. The second kappa shape index (κ2) is 9.93. The zero-order chi connectivity index (χ0) is 20.0. The van der Waals surface area contributed by atoms with Gasteiger partial charge in [0.2, 0.25) is 0 Å². The van der Waals surface area contributed by atoms with Crippen molar-refractivity contribution in [3.63, 3.8) is 0 Å². The highest BCUT2D eigenvalue weighted by atomic mass is 127. The van der Waals surface area contributed by atoms with E-state index in [0.29, 0.717) is 22.0 Å². The van der Waals surface area contributed by atoms with Gasteiger partial charge in [0.05, 0.1) is 7.14 Å². The fourth-order valence-electron chi connectivity index (χ4n) is 2.15. The van der Waals surface area contributed by atoms with Crippen LogP contribution in [0.3, 0.4) is 0 Å². The van der Waals surface area contributed by atoms with E-state index in [1.807, 2.05) is 12.1 Å². The van der Waals surface area contributed by atoms with Crippen molar-refractivity contribution in [2.45, 2.75) is 6.92 Å². The molecule has 0 bridgehead atoms. The number of hydrogen-bond donors (Lipinski definition) is 1. The van der Waals surface area contributed by atoms with Crippen molar-refractivity contribution in [1.29, 1.82) is 10.5 Å². The van der Waals surface area contributed by atoms with Crippen LogP contribution in [0.1, 0.15) is 11.1 Å². The lowest BCUT2D eigenvalue weighted by molar-refractivity contribution is -0.112. The third kappa shape index (κ3) is 5.58. The lowest BCUT2D eigenvalue weighted by atomic mass is 10.1. The Balaban J connectivity index is 2.30. The minimum atomic E-state index is -0.516. The number of nitrogens with one attached hydrogen (secondary N) is 1. The number of benzene rings is 2. The van der Waals surface area contributed by atoms with E-state index < -0.39 is 5.91 Å². The fraction of sp³-hybridized carbons (Fsp3) is 0.105. The van der Waals surface area contributed by atoms with Crippen LogP contribution >= 0.6 is 56.8 Å². The van der Waals surface area contributed by atoms with Crippen LogP contribution in [-0.2, 0) is 4.79 Å². The Morgan fingerprint density at radius 1 is 1.30 bits per heavy atom. The zero-order valence-electron chi connectivity index (χ0n) is 14.0. The standard InChI is InChI=1S/C19H12ClI2N3O2/c1-11-14(20)3-2-4-17(11)25-19(26)13(10-24)7-12-8-15(21)18(16(22)9-12)27-6-5-23/h2-4,7-9H,6H2,1H3,(H,25,26)/b13-7-. The maximum atomic E-state index is 12.5. The van der Waals surface area contributed by atoms with Crippen LogP contribution in [0, 0.1) is 36.7 Å². The number of amides is 1. The predicted molar refractivity (Wildman–Crippen MR) is 121 cm³/mol. The molecule has 0 saturated heterocycles. The Kier molecular flexibility index (Phi) is 7.90. The molecular weight excluding hydrogens is 591 g/mol. The van der Waals surface area contributed by atoms with Gasteiger partial charge in [-0.2, -0.15) is 10.5 Å². The Labute approximate surface area is 189 Å². The minimum absolute atomic E-state index is 0.0355. The summed E-state index contributed by atoms with van der Waals surface area (Å²) in [5.41, 5.74) is 1.93. The number of nitriles is 2. The SMILES string of the molecule is Cc1c(Cl)cccc1NC(=O)/C(C#N)=C\c1cc(I)c(OCC#N)c(I)c1. The summed E-state index contributed by atoms with van der Waals surface area (Å²) >= 11 is 10.2. The van der Waals surface area contributed by atoms with Gasteiger partial charge in [-0.05, 0) is 93.6 Å². The molecule has 0 heterocycles. The first-order chi connectivity index (χ1) is 12.9. The molecule has 1 amide bonds. The number of carbonyl (C=O) groups excluding carboxylic acids is 1. The third-order valence-electron chi connectivity index (χ3n) is 3.49. The van der Waals surface area contributed by atoms with Gasteiger partial charge in [-0.25, -0.2) is 0 Å². The van der Waals surface area contributed by atoms with Gasteiger partial charge in [0, 0.05) is 10.7 Å². The molecule has 0 spiro atoms. The quantitative estimate of drug-likeness (QED) is 0.286. The maximum Gasteiger partial charge on any atom is 0.266 e. The molecule has 0 aliphatic heterocycles. The van der Waals surface area contributed by atoms with Crippen LogP contribution in [0.2, 0.25) is 5.02 Å². The first-order valence-electron chi connectivity index (χ1n) is 7.54. The summed E-state index contributed by atoms with van der Waals surface area (Å²) in [4.78, 5) is 12.5. The third-order valence-corrected chi connectivity index (χ3v) is 5.51. The van der Waals surface area contributed by atoms with Crippen molar-refractivity contribution in [1.82, 2.24) is 0 Å². The van der Waals surface area contributed by atoms with E-state index in [2.05, 4.69) is 50.5 Å². The lowest BCUT2D eigenvalue weighted by Crippen LogP contribution is -2.14. The Morgan fingerprint density at radius 2 is 1.96 bits per heavy atom. The first-order valence-corrected chi connectivity index (χ1v) is 10.1. The first kappa shape index (κ1) is 21.5. The summed E-state index contributed by atoms with van der Waals surface area (Å²) in [6, 6.07) is 12.6. The number of carbonyl (C=O) groups is 1. The largest absolute Gasteiger partial charge is 0.477 e. The van der Waals surface area contributed by atoms with Crippen LogP contribution < -0.4 is 10.1 Å². The van der Waals surface area contributed by atoms with E-state index in [0.717, 1.165) is 12.7 Å². The van der Waals surface area contributed by atoms with Crippen LogP contribution in [0.4, 0.5) is 5.69 Å². The summed E-state index contributed by atoms with van der Waals surface area (Å²) in [5, 5.41) is 21.3. The molecule has 2 aromatic rings. The highest BCUT2D eigenvalue weighted by Gasteiger charge is 2.14. The second-order valence-corrected chi connectivity index (χ2v) is 8.03. The smallest absolute Gasteiger partial charge is 0.266 e. The number of ether oxygens (including phenoxy) is 1. The summed E-state index contributed by atoms with van der Waals surface area (Å²) in [5.74, 6) is 0.0881. The minimum Gasteiger partial charge on any atom is -0.477 e. The van der Waals surface area contributed by atoms with Crippen LogP contribution in [0.25, 0.3) is 6.08 Å². The monoisotopic (exact) mass is 603 g/mol. The van der Waals surface area contributed by atoms with Crippen molar-refractivity contribution in [2.24, 2.45) is 0 Å². The molecule has 0 aliphatic carbocycles. The topological polar surface area (TPSA) is 85.9 Å². The molecule has 0 radical (unpaired) electrons. The number of nitrogens with zero attached hydrogens (tertiary/aromatic N) is 2. The molecule has 2 aromatic carbocycles. The molecule has 0 aromatic heterocycles. The van der Waals surface area contributed by atoms with Crippen LogP contribution in [0.5, 0.6) is 5.75 Å². The van der Waals surface area contributed by atoms with Crippen molar-refractivity contribution in [3.05, 3.63) is 59.2 Å². The highest BCUT2D eigenvalue weighted by molar-refractivity contribution is 14.1. The molecular formula is C19H12ClI2N3O2. The van der Waals surface area contributed by atoms with Crippen molar-refractivity contribution < 1.29 is 9.53 Å². The fourth-order valence-corrected chi connectivity index (χ4v) is 4.46. The molecule has 0 atom stereocenters. The Morgan fingerprint density at radius 3 is 2.56 bits per heavy atom. The van der Waals surface area contributed by atoms with E-state index in [-0.39, 0.29) is 12.2 Å². The van der Waals surface area contributed by atoms with E-state index in [1.165, 1.54) is 6.08 Å². The van der Waals surface area contributed by atoms with Gasteiger partial charge in [0.25, 0.3) is 5.91 Å². The average Bonchev–Trinajstić information content (AvgIpc) is 2.62. The van der Waals surface area contributed by atoms with Crippen LogP contribution in [-0.4, -0.2) is 12.5 Å². The number of halogens is 3. The molecule has 0 saturated carbocycles. The zero-order valence-corrected chi connectivity index (χ0v) is 19.1. The summed E-state index contributed by atoms with van der Waals surface area (Å²) in [6.45, 7) is 1.74. The van der Waals surface area contributed by atoms with Crippen LogP contribution in [0.15, 0.2) is 35.9 Å². The van der Waals surface area contributed by atoms with Gasteiger partial charge in [-0.3, -0.25) is 4.79 Å². The second-order valence-electron chi connectivity index (χ2n) is 5.30. The lowest BCUT2D eigenvalue weighted by Gasteiger charge is -2.10. The van der Waals surface area contributed by atoms with Crippen molar-refractivity contribution >= 4 is 74.5 Å². The molecule has 0 fully saturated rings. The van der Waals surface area contributed by atoms with Gasteiger partial charge < -0.3 is 10.1 Å². The number of anilines is 1. The molecule has 5 nitrogen and oxygen atoms in total. The molecule has 2 rings (SSSR count). The predicted octanol–water partition coefficient (Wildman–Crippen LogP) is 5.31. The molecule has 8 heteroatoms. The van der Waals surface area contributed by atoms with E-state index >= 15 is 0 Å². The van der Waals surface area contributed by atoms with Gasteiger partial charge >= 0.3 is 0 Å². The van der Waals surface area contributed by atoms with Gasteiger partial charge in [0.15, 0.2) is 6.61 Å². The van der Waals surface area contributed by atoms with E-state index in [9.17, 15) is 10.1 Å². The van der Waals surface area contributed by atoms with Crippen molar-refractivity contribution in [3.8, 4) is 17.9 Å². The number of rotatable bonds is 5. The summed E-state index contributed by atoms with van der Waals surface area (Å²) in [6.07, 6.45) is 1.51. The normalized spacial score (nSPS) is 10.7. The molecule has 1 N–H and O–H groups in total. The number of hydrogen-bond acceptors (Lipinski definition) is 4. The molecule has 0 aliphatic rings. The van der Waals surface area contributed by atoms with Crippen molar-refractivity contribution in [2.75, 3.05) is 11.9 Å². The molecule has 0 unspecified atom stereocenters. The van der Waals surface area contributed by atoms with E-state index in [4.69, 9.17) is 21.6 Å². The molecule has 27 heavy (non-hydrogen) atoms. The maximum absolute atomic E-state index is 12.5. The Bertz CT molecular complexity index is 984. The summed E-state index contributed by atoms with van der Waals surface area (Å²) in [7, 11) is 0.